The molecule has 0 spiro atoms. The first kappa shape index (κ1) is 8.55. The summed E-state index contributed by atoms with van der Waals surface area (Å²) in [6.45, 7) is 3.60. The minimum Gasteiger partial charge on any atom is -0.314 e. The van der Waals surface area contributed by atoms with Gasteiger partial charge in [0, 0.05) is 6.04 Å². The smallest absolute Gasteiger partial charge is 0.00960 e. The van der Waals surface area contributed by atoms with Crippen molar-refractivity contribution in [2.45, 2.75) is 51.5 Å². The Morgan fingerprint density at radius 3 is 3.00 bits per heavy atom. The summed E-state index contributed by atoms with van der Waals surface area (Å²) < 4.78 is 0. The summed E-state index contributed by atoms with van der Waals surface area (Å²) in [6.07, 6.45) is 8.77. The van der Waals surface area contributed by atoms with Gasteiger partial charge in [-0.1, -0.05) is 19.8 Å². The zero-order valence-corrected chi connectivity index (χ0v) is 8.18. The van der Waals surface area contributed by atoms with Crippen LogP contribution < -0.4 is 5.32 Å². The van der Waals surface area contributed by atoms with Crippen LogP contribution in [0.3, 0.4) is 0 Å². The van der Waals surface area contributed by atoms with Gasteiger partial charge in [-0.2, -0.15) is 0 Å². The van der Waals surface area contributed by atoms with Gasteiger partial charge in [0.2, 0.25) is 0 Å². The Bertz CT molecular complexity index is 144. The highest BCUT2D eigenvalue weighted by atomic mass is 15.0. The lowest BCUT2D eigenvalue weighted by molar-refractivity contribution is 0.234. The molecule has 0 aromatic rings. The maximum Gasteiger partial charge on any atom is 0.00960 e. The quantitative estimate of drug-likeness (QED) is 0.666. The standard InChI is InChI=1S/C11H21N/c1-2-3-9-4-5-11-10(8-9)6-7-12-11/h9-12H,2-8H2,1H3. The SMILES string of the molecule is CCCC1CCC2NCCC2C1. The molecule has 2 aliphatic rings. The van der Waals surface area contributed by atoms with Crippen molar-refractivity contribution in [3.63, 3.8) is 0 Å². The average molecular weight is 167 g/mol. The molecular weight excluding hydrogens is 146 g/mol. The van der Waals surface area contributed by atoms with E-state index in [1.54, 1.807) is 0 Å². The van der Waals surface area contributed by atoms with E-state index in [0.29, 0.717) is 0 Å². The van der Waals surface area contributed by atoms with Crippen molar-refractivity contribution < 1.29 is 0 Å². The fourth-order valence-corrected chi connectivity index (χ4v) is 3.07. The minimum absolute atomic E-state index is 0.901. The van der Waals surface area contributed by atoms with E-state index in [-0.39, 0.29) is 0 Å². The molecule has 1 nitrogen and oxygen atoms in total. The summed E-state index contributed by atoms with van der Waals surface area (Å²) in [5.74, 6) is 2.10. The third-order valence-corrected chi connectivity index (χ3v) is 3.71. The van der Waals surface area contributed by atoms with Gasteiger partial charge >= 0.3 is 0 Å². The third kappa shape index (κ3) is 1.66. The molecule has 1 heteroatoms. The van der Waals surface area contributed by atoms with Crippen LogP contribution in [0.1, 0.15) is 45.4 Å². The Morgan fingerprint density at radius 2 is 2.17 bits per heavy atom. The lowest BCUT2D eigenvalue weighted by Gasteiger charge is -2.31. The van der Waals surface area contributed by atoms with Gasteiger partial charge < -0.3 is 5.32 Å². The molecule has 0 aromatic carbocycles. The molecule has 1 aliphatic carbocycles. The van der Waals surface area contributed by atoms with Crippen LogP contribution in [-0.2, 0) is 0 Å². The van der Waals surface area contributed by atoms with Crippen LogP contribution in [0.4, 0.5) is 0 Å². The van der Waals surface area contributed by atoms with Crippen molar-refractivity contribution in [3.8, 4) is 0 Å². The van der Waals surface area contributed by atoms with Crippen LogP contribution in [0.5, 0.6) is 0 Å². The van der Waals surface area contributed by atoms with Gasteiger partial charge in [-0.05, 0) is 44.1 Å². The van der Waals surface area contributed by atoms with Crippen molar-refractivity contribution in [2.24, 2.45) is 11.8 Å². The van der Waals surface area contributed by atoms with E-state index in [2.05, 4.69) is 12.2 Å². The highest BCUT2D eigenvalue weighted by Crippen LogP contribution is 2.36. The van der Waals surface area contributed by atoms with E-state index >= 15 is 0 Å². The van der Waals surface area contributed by atoms with Crippen LogP contribution in [0.25, 0.3) is 0 Å². The topological polar surface area (TPSA) is 12.0 Å². The van der Waals surface area contributed by atoms with Gasteiger partial charge in [0.05, 0.1) is 0 Å². The molecule has 2 rings (SSSR count). The van der Waals surface area contributed by atoms with Gasteiger partial charge in [0.15, 0.2) is 0 Å². The molecule has 1 aliphatic heterocycles. The van der Waals surface area contributed by atoms with Gasteiger partial charge in [0.25, 0.3) is 0 Å². The van der Waals surface area contributed by atoms with Crippen molar-refractivity contribution in [3.05, 3.63) is 0 Å². The molecule has 1 saturated carbocycles. The summed E-state index contributed by atoms with van der Waals surface area (Å²) in [6, 6.07) is 0.901. The third-order valence-electron chi connectivity index (χ3n) is 3.71. The molecule has 12 heavy (non-hydrogen) atoms. The molecule has 3 atom stereocenters. The predicted octanol–water partition coefficient (Wildman–Crippen LogP) is 2.56. The number of nitrogens with one attached hydrogen (secondary N) is 1. The fraction of sp³-hybridized carbons (Fsp3) is 1.00. The van der Waals surface area contributed by atoms with Gasteiger partial charge in [-0.25, -0.2) is 0 Å². The molecule has 1 saturated heterocycles. The van der Waals surface area contributed by atoms with Crippen LogP contribution in [0.2, 0.25) is 0 Å². The molecule has 1 N–H and O–H groups in total. The number of rotatable bonds is 2. The molecule has 0 radical (unpaired) electrons. The molecular formula is C11H21N. The Balaban J connectivity index is 1.84. The minimum atomic E-state index is 0.901. The maximum absolute atomic E-state index is 3.62. The van der Waals surface area contributed by atoms with Crippen LogP contribution in [-0.4, -0.2) is 12.6 Å². The van der Waals surface area contributed by atoms with Crippen molar-refractivity contribution in [2.75, 3.05) is 6.54 Å². The van der Waals surface area contributed by atoms with Crippen molar-refractivity contribution in [1.29, 1.82) is 0 Å². The summed E-state index contributed by atoms with van der Waals surface area (Å²) in [5.41, 5.74) is 0. The van der Waals surface area contributed by atoms with E-state index in [1.807, 2.05) is 0 Å². The zero-order chi connectivity index (χ0) is 8.39. The van der Waals surface area contributed by atoms with E-state index in [4.69, 9.17) is 0 Å². The first-order valence-corrected chi connectivity index (χ1v) is 5.63. The zero-order valence-electron chi connectivity index (χ0n) is 8.18. The fourth-order valence-electron chi connectivity index (χ4n) is 3.07. The monoisotopic (exact) mass is 167 g/mol. The predicted molar refractivity (Wildman–Crippen MR) is 52.1 cm³/mol. The summed E-state index contributed by atoms with van der Waals surface area (Å²) in [4.78, 5) is 0. The maximum atomic E-state index is 3.62. The molecule has 1 heterocycles. The largest absolute Gasteiger partial charge is 0.314 e. The second-order valence-electron chi connectivity index (χ2n) is 4.58. The first-order valence-electron chi connectivity index (χ1n) is 5.63. The van der Waals surface area contributed by atoms with Crippen LogP contribution in [0, 0.1) is 11.8 Å². The summed E-state index contributed by atoms with van der Waals surface area (Å²) in [5, 5.41) is 3.62. The Morgan fingerprint density at radius 1 is 1.25 bits per heavy atom. The summed E-state index contributed by atoms with van der Waals surface area (Å²) >= 11 is 0. The lowest BCUT2D eigenvalue weighted by atomic mass is 9.77. The Hall–Kier alpha value is -0.0400. The van der Waals surface area contributed by atoms with Crippen LogP contribution in [0.15, 0.2) is 0 Å². The number of hydrogen-bond donors (Lipinski definition) is 1. The van der Waals surface area contributed by atoms with Gasteiger partial charge in [0.1, 0.15) is 0 Å². The second-order valence-corrected chi connectivity index (χ2v) is 4.58. The summed E-state index contributed by atoms with van der Waals surface area (Å²) in [7, 11) is 0. The Kier molecular flexibility index (Phi) is 2.69. The number of fused-ring (bicyclic) bond motifs is 1. The van der Waals surface area contributed by atoms with Crippen LogP contribution >= 0.6 is 0 Å². The molecule has 0 amide bonds. The molecule has 0 aromatic heterocycles. The van der Waals surface area contributed by atoms with Gasteiger partial charge in [-0.15, -0.1) is 0 Å². The van der Waals surface area contributed by atoms with Crippen molar-refractivity contribution in [1.82, 2.24) is 5.32 Å². The highest BCUT2D eigenvalue weighted by molar-refractivity contribution is 4.89. The lowest BCUT2D eigenvalue weighted by Crippen LogP contribution is -2.32. The Labute approximate surface area is 75.9 Å². The molecule has 0 bridgehead atoms. The normalized spacial score (nSPS) is 41.2. The van der Waals surface area contributed by atoms with Gasteiger partial charge in [-0.3, -0.25) is 0 Å². The van der Waals surface area contributed by atoms with E-state index in [9.17, 15) is 0 Å². The van der Waals surface area contributed by atoms with E-state index in [1.165, 1.54) is 45.1 Å². The van der Waals surface area contributed by atoms with E-state index in [0.717, 1.165) is 17.9 Å². The first-order chi connectivity index (χ1) is 5.90. The second kappa shape index (κ2) is 3.78. The molecule has 2 fully saturated rings. The molecule has 3 unspecified atom stereocenters. The number of hydrogen-bond acceptors (Lipinski definition) is 1. The highest BCUT2D eigenvalue weighted by Gasteiger charge is 2.32. The van der Waals surface area contributed by atoms with Crippen molar-refractivity contribution >= 4 is 0 Å². The van der Waals surface area contributed by atoms with E-state index < -0.39 is 0 Å². The molecule has 70 valence electrons. The average Bonchev–Trinajstić information content (AvgIpc) is 2.51.